The number of carbonyl (C=O) groups excluding carboxylic acids is 1. The molecule has 6 nitrogen and oxygen atoms in total. The molecule has 152 valence electrons. The number of carbonyl (C=O) groups is 1. The van der Waals surface area contributed by atoms with Crippen LogP contribution in [-0.4, -0.2) is 41.7 Å². The maximum absolute atomic E-state index is 12.2. The van der Waals surface area contributed by atoms with Crippen molar-refractivity contribution in [2.45, 2.75) is 38.8 Å². The Morgan fingerprint density at radius 1 is 1.31 bits per heavy atom. The summed E-state index contributed by atoms with van der Waals surface area (Å²) in [6.07, 6.45) is 4.22. The number of aryl methyl sites for hydroxylation is 1. The normalized spacial score (nSPS) is 16.9. The first-order valence-corrected chi connectivity index (χ1v) is 10.9. The van der Waals surface area contributed by atoms with Crippen LogP contribution in [0, 0.1) is 0 Å². The van der Waals surface area contributed by atoms with Gasteiger partial charge in [-0.2, -0.15) is 0 Å². The standard InChI is InChI=1S/C22H26N4O2S/c1-16-15-26(11-12-28-16)20-10-9-17(13-23-20)14-24-21(27)7-4-8-22-25-18-5-2-3-6-19(18)29-22/h2-3,5-6,9-10,13,16H,4,7-8,11-12,14-15H2,1H3,(H,24,27)/t16-/m1/s1. The molecular formula is C22H26N4O2S. The minimum atomic E-state index is 0.0668. The summed E-state index contributed by atoms with van der Waals surface area (Å²) in [5, 5.41) is 4.08. The first kappa shape index (κ1) is 19.8. The lowest BCUT2D eigenvalue weighted by Gasteiger charge is -2.32. The van der Waals surface area contributed by atoms with Gasteiger partial charge in [-0.15, -0.1) is 11.3 Å². The number of fused-ring (bicyclic) bond motifs is 1. The van der Waals surface area contributed by atoms with Gasteiger partial charge in [0.2, 0.25) is 5.91 Å². The van der Waals surface area contributed by atoms with Crippen molar-refractivity contribution in [2.24, 2.45) is 0 Å². The van der Waals surface area contributed by atoms with Crippen LogP contribution in [0.1, 0.15) is 30.3 Å². The molecule has 0 spiro atoms. The van der Waals surface area contributed by atoms with Crippen LogP contribution in [0.2, 0.25) is 0 Å². The molecule has 0 saturated carbocycles. The number of morpholine rings is 1. The summed E-state index contributed by atoms with van der Waals surface area (Å²) in [5.74, 6) is 1.03. The number of amides is 1. The zero-order chi connectivity index (χ0) is 20.1. The second-order valence-corrected chi connectivity index (χ2v) is 8.47. The molecule has 0 bridgehead atoms. The van der Waals surface area contributed by atoms with E-state index in [0.29, 0.717) is 13.0 Å². The first-order valence-electron chi connectivity index (χ1n) is 10.1. The number of nitrogens with zero attached hydrogens (tertiary/aromatic N) is 3. The molecule has 0 aliphatic carbocycles. The summed E-state index contributed by atoms with van der Waals surface area (Å²) in [6, 6.07) is 12.2. The summed E-state index contributed by atoms with van der Waals surface area (Å²) in [4.78, 5) is 23.6. The third kappa shape index (κ3) is 5.31. The van der Waals surface area contributed by atoms with Crippen molar-refractivity contribution in [3.63, 3.8) is 0 Å². The average Bonchev–Trinajstić information content (AvgIpc) is 3.15. The van der Waals surface area contributed by atoms with Crippen molar-refractivity contribution in [3.05, 3.63) is 53.2 Å². The van der Waals surface area contributed by atoms with Gasteiger partial charge < -0.3 is 15.0 Å². The molecule has 0 radical (unpaired) electrons. The van der Waals surface area contributed by atoms with Gasteiger partial charge in [0.1, 0.15) is 5.82 Å². The molecule has 1 fully saturated rings. The highest BCUT2D eigenvalue weighted by Gasteiger charge is 2.17. The quantitative estimate of drug-likeness (QED) is 0.645. The van der Waals surface area contributed by atoms with E-state index in [1.165, 1.54) is 4.70 Å². The Labute approximate surface area is 174 Å². The molecule has 1 saturated heterocycles. The Morgan fingerprint density at radius 3 is 3.00 bits per heavy atom. The van der Waals surface area contributed by atoms with Crippen molar-refractivity contribution >= 4 is 33.3 Å². The van der Waals surface area contributed by atoms with Crippen molar-refractivity contribution < 1.29 is 9.53 Å². The molecule has 29 heavy (non-hydrogen) atoms. The Balaban J connectivity index is 1.20. The van der Waals surface area contributed by atoms with Gasteiger partial charge in [-0.1, -0.05) is 18.2 Å². The molecule has 2 aromatic heterocycles. The smallest absolute Gasteiger partial charge is 0.220 e. The molecule has 1 aliphatic heterocycles. The average molecular weight is 411 g/mol. The van der Waals surface area contributed by atoms with E-state index in [0.717, 1.165) is 54.4 Å². The van der Waals surface area contributed by atoms with Gasteiger partial charge in [-0.25, -0.2) is 9.97 Å². The van der Waals surface area contributed by atoms with Crippen LogP contribution in [-0.2, 0) is 22.5 Å². The Hall–Kier alpha value is -2.51. The predicted octanol–water partition coefficient (Wildman–Crippen LogP) is 3.56. The van der Waals surface area contributed by atoms with E-state index in [1.54, 1.807) is 11.3 Å². The molecular weight excluding hydrogens is 384 g/mol. The number of pyridine rings is 1. The van der Waals surface area contributed by atoms with E-state index in [1.807, 2.05) is 36.5 Å². The van der Waals surface area contributed by atoms with Gasteiger partial charge >= 0.3 is 0 Å². The fourth-order valence-electron chi connectivity index (χ4n) is 3.45. The summed E-state index contributed by atoms with van der Waals surface area (Å²) in [6.45, 7) is 5.04. The van der Waals surface area contributed by atoms with Crippen molar-refractivity contribution in [1.82, 2.24) is 15.3 Å². The third-order valence-electron chi connectivity index (χ3n) is 5.00. The number of thiazole rings is 1. The largest absolute Gasteiger partial charge is 0.375 e. The van der Waals surface area contributed by atoms with E-state index < -0.39 is 0 Å². The number of hydrogen-bond donors (Lipinski definition) is 1. The van der Waals surface area contributed by atoms with Crippen LogP contribution in [0.3, 0.4) is 0 Å². The summed E-state index contributed by atoms with van der Waals surface area (Å²) >= 11 is 1.71. The lowest BCUT2D eigenvalue weighted by Crippen LogP contribution is -2.41. The molecule has 1 N–H and O–H groups in total. The molecule has 1 atom stereocenters. The van der Waals surface area contributed by atoms with Crippen LogP contribution in [0.15, 0.2) is 42.6 Å². The highest BCUT2D eigenvalue weighted by atomic mass is 32.1. The number of para-hydroxylation sites is 1. The molecule has 3 heterocycles. The fourth-order valence-corrected chi connectivity index (χ4v) is 4.46. The van der Waals surface area contributed by atoms with E-state index >= 15 is 0 Å². The first-order chi connectivity index (χ1) is 14.2. The Kier molecular flexibility index (Phi) is 6.36. The summed E-state index contributed by atoms with van der Waals surface area (Å²) in [7, 11) is 0. The lowest BCUT2D eigenvalue weighted by atomic mass is 10.2. The van der Waals surface area contributed by atoms with Gasteiger partial charge in [-0.3, -0.25) is 4.79 Å². The highest BCUT2D eigenvalue weighted by Crippen LogP contribution is 2.22. The van der Waals surface area contributed by atoms with Crippen molar-refractivity contribution in [3.8, 4) is 0 Å². The fraction of sp³-hybridized carbons (Fsp3) is 0.409. The molecule has 1 amide bonds. The minimum Gasteiger partial charge on any atom is -0.375 e. The highest BCUT2D eigenvalue weighted by molar-refractivity contribution is 7.18. The third-order valence-corrected chi connectivity index (χ3v) is 6.09. The second kappa shape index (κ2) is 9.33. The van der Waals surface area contributed by atoms with Crippen LogP contribution < -0.4 is 10.2 Å². The van der Waals surface area contributed by atoms with E-state index in [-0.39, 0.29) is 12.0 Å². The van der Waals surface area contributed by atoms with E-state index in [4.69, 9.17) is 4.74 Å². The Bertz CT molecular complexity index is 924. The van der Waals surface area contributed by atoms with Crippen molar-refractivity contribution in [1.29, 1.82) is 0 Å². The summed E-state index contributed by atoms with van der Waals surface area (Å²) < 4.78 is 6.78. The van der Waals surface area contributed by atoms with Gasteiger partial charge in [-0.05, 0) is 43.5 Å². The van der Waals surface area contributed by atoms with Crippen LogP contribution >= 0.6 is 11.3 Å². The van der Waals surface area contributed by atoms with Crippen LogP contribution in [0.25, 0.3) is 10.2 Å². The molecule has 7 heteroatoms. The lowest BCUT2D eigenvalue weighted by molar-refractivity contribution is -0.121. The zero-order valence-corrected chi connectivity index (χ0v) is 17.5. The number of aromatic nitrogens is 2. The maximum atomic E-state index is 12.2. The van der Waals surface area contributed by atoms with Gasteiger partial charge in [0.15, 0.2) is 0 Å². The number of rotatable bonds is 7. The van der Waals surface area contributed by atoms with E-state index in [2.05, 4.69) is 33.2 Å². The number of anilines is 1. The monoisotopic (exact) mass is 410 g/mol. The summed E-state index contributed by atoms with van der Waals surface area (Å²) in [5.41, 5.74) is 2.05. The Morgan fingerprint density at radius 2 is 2.21 bits per heavy atom. The second-order valence-electron chi connectivity index (χ2n) is 7.36. The van der Waals surface area contributed by atoms with Gasteiger partial charge in [0.05, 0.1) is 27.9 Å². The molecule has 4 rings (SSSR count). The SMILES string of the molecule is C[C@@H]1CN(c2ccc(CNC(=O)CCCc3nc4ccccc4s3)cn2)CCO1. The number of ether oxygens (including phenoxy) is 1. The zero-order valence-electron chi connectivity index (χ0n) is 16.6. The molecule has 1 aromatic carbocycles. The van der Waals surface area contributed by atoms with Crippen LogP contribution in [0.4, 0.5) is 5.82 Å². The molecule has 3 aromatic rings. The number of benzene rings is 1. The number of hydrogen-bond acceptors (Lipinski definition) is 6. The number of nitrogens with one attached hydrogen (secondary N) is 1. The maximum Gasteiger partial charge on any atom is 0.220 e. The predicted molar refractivity (Wildman–Crippen MR) is 116 cm³/mol. The van der Waals surface area contributed by atoms with Crippen molar-refractivity contribution in [2.75, 3.05) is 24.6 Å². The van der Waals surface area contributed by atoms with Gasteiger partial charge in [0, 0.05) is 32.3 Å². The minimum absolute atomic E-state index is 0.0668. The van der Waals surface area contributed by atoms with Crippen LogP contribution in [0.5, 0.6) is 0 Å². The molecule has 0 unspecified atom stereocenters. The van der Waals surface area contributed by atoms with Gasteiger partial charge in [0.25, 0.3) is 0 Å². The molecule has 1 aliphatic rings. The topological polar surface area (TPSA) is 67.4 Å². The van der Waals surface area contributed by atoms with E-state index in [9.17, 15) is 4.79 Å².